The monoisotopic (exact) mass is 184 g/mol. The van der Waals surface area contributed by atoms with Gasteiger partial charge in [0.05, 0.1) is 5.41 Å². The molecule has 1 rings (SSSR count). The Balaban J connectivity index is 2.80. The van der Waals surface area contributed by atoms with Crippen molar-refractivity contribution in [1.29, 1.82) is 0 Å². The number of amides is 1. The van der Waals surface area contributed by atoms with E-state index >= 15 is 0 Å². The van der Waals surface area contributed by atoms with Gasteiger partial charge in [-0.2, -0.15) is 0 Å². The van der Waals surface area contributed by atoms with Crippen LogP contribution in [0.4, 0.5) is 0 Å². The fourth-order valence-corrected chi connectivity index (χ4v) is 1.66. The van der Waals surface area contributed by atoms with Crippen LogP contribution >= 0.6 is 0 Å². The van der Waals surface area contributed by atoms with Gasteiger partial charge in [-0.25, -0.2) is 0 Å². The number of hydrogen-bond acceptors (Lipinski definition) is 2. The lowest BCUT2D eigenvalue weighted by Crippen LogP contribution is -2.45. The Labute approximate surface area is 80.5 Å². The molecule has 0 aliphatic carbocycles. The number of carbonyl (C=O) groups excluding carboxylic acids is 1. The third-order valence-electron chi connectivity index (χ3n) is 2.56. The van der Waals surface area contributed by atoms with Crippen molar-refractivity contribution in [3.63, 3.8) is 0 Å². The van der Waals surface area contributed by atoms with Crippen LogP contribution in [0.5, 0.6) is 0 Å². The first-order valence-corrected chi connectivity index (χ1v) is 4.97. The van der Waals surface area contributed by atoms with E-state index in [1.807, 2.05) is 18.7 Å². The van der Waals surface area contributed by atoms with Crippen molar-refractivity contribution < 1.29 is 4.79 Å². The van der Waals surface area contributed by atoms with E-state index in [2.05, 4.69) is 19.2 Å². The molecule has 0 bridgehead atoms. The molecule has 1 aliphatic rings. The van der Waals surface area contributed by atoms with Crippen molar-refractivity contribution in [2.24, 2.45) is 5.41 Å². The van der Waals surface area contributed by atoms with Gasteiger partial charge in [0, 0.05) is 25.7 Å². The van der Waals surface area contributed by atoms with Gasteiger partial charge in [0.25, 0.3) is 0 Å². The third-order valence-corrected chi connectivity index (χ3v) is 2.56. The molecule has 0 aromatic rings. The van der Waals surface area contributed by atoms with Crippen LogP contribution in [0.25, 0.3) is 0 Å². The fourth-order valence-electron chi connectivity index (χ4n) is 1.66. The molecule has 3 heteroatoms. The lowest BCUT2D eigenvalue weighted by atomic mass is 9.91. The molecule has 1 saturated heterocycles. The van der Waals surface area contributed by atoms with Gasteiger partial charge in [0.2, 0.25) is 5.91 Å². The lowest BCUT2D eigenvalue weighted by Gasteiger charge is -2.31. The zero-order valence-corrected chi connectivity index (χ0v) is 9.05. The molecule has 13 heavy (non-hydrogen) atoms. The Morgan fingerprint density at radius 3 is 2.62 bits per heavy atom. The normalized spacial score (nSPS) is 23.5. The Morgan fingerprint density at radius 2 is 2.08 bits per heavy atom. The molecule has 0 radical (unpaired) electrons. The summed E-state index contributed by atoms with van der Waals surface area (Å²) in [5.74, 6) is 0.271. The quantitative estimate of drug-likeness (QED) is 0.655. The van der Waals surface area contributed by atoms with Gasteiger partial charge < -0.3 is 10.2 Å². The third kappa shape index (κ3) is 2.21. The zero-order chi connectivity index (χ0) is 10.1. The number of carbonyl (C=O) groups is 1. The molecular formula is C10H20N2O. The summed E-state index contributed by atoms with van der Waals surface area (Å²) in [7, 11) is 0. The van der Waals surface area contributed by atoms with Crippen LogP contribution in [0, 0.1) is 5.41 Å². The van der Waals surface area contributed by atoms with E-state index in [1.165, 1.54) is 0 Å². The number of hydrogen-bond donors (Lipinski definition) is 1. The van der Waals surface area contributed by atoms with Crippen molar-refractivity contribution in [2.75, 3.05) is 19.6 Å². The highest BCUT2D eigenvalue weighted by Crippen LogP contribution is 2.20. The van der Waals surface area contributed by atoms with E-state index in [9.17, 15) is 4.79 Å². The standard InChI is InChI=1S/C10H20N2O/c1-8(2)12-6-5-11-7-10(3,4)9(12)13/h8,11H,5-7H2,1-4H3. The Kier molecular flexibility index (Phi) is 2.96. The number of nitrogens with zero attached hydrogens (tertiary/aromatic N) is 1. The van der Waals surface area contributed by atoms with Crippen molar-refractivity contribution >= 4 is 5.91 Å². The van der Waals surface area contributed by atoms with Gasteiger partial charge in [-0.3, -0.25) is 4.79 Å². The van der Waals surface area contributed by atoms with E-state index in [4.69, 9.17) is 0 Å². The van der Waals surface area contributed by atoms with Gasteiger partial charge in [-0.05, 0) is 27.7 Å². The maximum Gasteiger partial charge on any atom is 0.229 e. The van der Waals surface area contributed by atoms with Gasteiger partial charge in [0.15, 0.2) is 0 Å². The van der Waals surface area contributed by atoms with E-state index in [1.54, 1.807) is 0 Å². The largest absolute Gasteiger partial charge is 0.338 e. The minimum Gasteiger partial charge on any atom is -0.338 e. The average molecular weight is 184 g/mol. The molecule has 1 heterocycles. The van der Waals surface area contributed by atoms with Gasteiger partial charge >= 0.3 is 0 Å². The maximum absolute atomic E-state index is 12.0. The topological polar surface area (TPSA) is 32.3 Å². The highest BCUT2D eigenvalue weighted by Gasteiger charge is 2.34. The predicted octanol–water partition coefficient (Wildman–Crippen LogP) is 0.853. The van der Waals surface area contributed by atoms with Crippen molar-refractivity contribution in [3.8, 4) is 0 Å². The molecule has 1 fully saturated rings. The van der Waals surface area contributed by atoms with Crippen molar-refractivity contribution in [2.45, 2.75) is 33.7 Å². The molecule has 76 valence electrons. The predicted molar refractivity (Wildman–Crippen MR) is 53.5 cm³/mol. The summed E-state index contributed by atoms with van der Waals surface area (Å²) in [6.07, 6.45) is 0. The second-order valence-corrected chi connectivity index (χ2v) is 4.65. The minimum absolute atomic E-state index is 0.249. The molecule has 0 aromatic heterocycles. The molecule has 0 saturated carbocycles. The summed E-state index contributed by atoms with van der Waals surface area (Å²) >= 11 is 0. The Hall–Kier alpha value is -0.570. The summed E-state index contributed by atoms with van der Waals surface area (Å²) in [4.78, 5) is 14.0. The summed E-state index contributed by atoms with van der Waals surface area (Å²) < 4.78 is 0. The molecule has 0 aromatic carbocycles. The molecule has 1 N–H and O–H groups in total. The second kappa shape index (κ2) is 3.66. The van der Waals surface area contributed by atoms with Crippen LogP contribution in [0.3, 0.4) is 0 Å². The van der Waals surface area contributed by atoms with E-state index in [0.29, 0.717) is 6.04 Å². The maximum atomic E-state index is 12.0. The van der Waals surface area contributed by atoms with Crippen molar-refractivity contribution in [1.82, 2.24) is 10.2 Å². The van der Waals surface area contributed by atoms with E-state index in [-0.39, 0.29) is 11.3 Å². The highest BCUT2D eigenvalue weighted by atomic mass is 16.2. The van der Waals surface area contributed by atoms with Crippen LogP contribution in [-0.4, -0.2) is 36.5 Å². The second-order valence-electron chi connectivity index (χ2n) is 4.65. The van der Waals surface area contributed by atoms with Crippen LogP contribution in [0.2, 0.25) is 0 Å². The van der Waals surface area contributed by atoms with Crippen molar-refractivity contribution in [3.05, 3.63) is 0 Å². The summed E-state index contributed by atoms with van der Waals surface area (Å²) in [6, 6.07) is 0.312. The minimum atomic E-state index is -0.249. The van der Waals surface area contributed by atoms with Crippen LogP contribution < -0.4 is 5.32 Å². The highest BCUT2D eigenvalue weighted by molar-refractivity contribution is 5.82. The molecular weight excluding hydrogens is 164 g/mol. The summed E-state index contributed by atoms with van der Waals surface area (Å²) in [6.45, 7) is 10.7. The SMILES string of the molecule is CC(C)N1CCNCC(C)(C)C1=O. The first-order valence-electron chi connectivity index (χ1n) is 4.97. The average Bonchev–Trinajstić information content (AvgIpc) is 2.13. The Bertz CT molecular complexity index is 199. The fraction of sp³-hybridized carbons (Fsp3) is 0.900. The summed E-state index contributed by atoms with van der Waals surface area (Å²) in [5.41, 5.74) is -0.249. The van der Waals surface area contributed by atoms with E-state index < -0.39 is 0 Å². The van der Waals surface area contributed by atoms with Crippen LogP contribution in [0.15, 0.2) is 0 Å². The van der Waals surface area contributed by atoms with Gasteiger partial charge in [-0.1, -0.05) is 0 Å². The molecule has 3 nitrogen and oxygen atoms in total. The molecule has 0 unspecified atom stereocenters. The smallest absolute Gasteiger partial charge is 0.229 e. The zero-order valence-electron chi connectivity index (χ0n) is 9.05. The van der Waals surface area contributed by atoms with Gasteiger partial charge in [-0.15, -0.1) is 0 Å². The number of rotatable bonds is 1. The van der Waals surface area contributed by atoms with Crippen LogP contribution in [-0.2, 0) is 4.79 Å². The lowest BCUT2D eigenvalue weighted by molar-refractivity contribution is -0.140. The first-order chi connectivity index (χ1) is 5.95. The summed E-state index contributed by atoms with van der Waals surface area (Å²) in [5, 5.41) is 3.29. The van der Waals surface area contributed by atoms with Gasteiger partial charge in [0.1, 0.15) is 0 Å². The Morgan fingerprint density at radius 1 is 1.46 bits per heavy atom. The first kappa shape index (κ1) is 10.5. The van der Waals surface area contributed by atoms with Crippen LogP contribution in [0.1, 0.15) is 27.7 Å². The molecule has 0 atom stereocenters. The molecule has 0 spiro atoms. The molecule has 1 amide bonds. The number of nitrogens with one attached hydrogen (secondary N) is 1. The van der Waals surface area contributed by atoms with E-state index in [0.717, 1.165) is 19.6 Å². The molecule has 1 aliphatic heterocycles.